The summed E-state index contributed by atoms with van der Waals surface area (Å²) in [6, 6.07) is 5.36. The number of H-pyrrole nitrogens is 1. The maximum absolute atomic E-state index is 12.9. The van der Waals surface area contributed by atoms with E-state index in [0.717, 1.165) is 25.9 Å². The highest BCUT2D eigenvalue weighted by molar-refractivity contribution is 5.97. The van der Waals surface area contributed by atoms with Crippen molar-refractivity contribution in [1.29, 1.82) is 0 Å². The first-order valence-electron chi connectivity index (χ1n) is 10.1. The van der Waals surface area contributed by atoms with E-state index < -0.39 is 0 Å². The smallest absolute Gasteiger partial charge is 0.271 e. The van der Waals surface area contributed by atoms with Crippen LogP contribution in [0.5, 0.6) is 11.5 Å². The van der Waals surface area contributed by atoms with Crippen molar-refractivity contribution in [3.63, 3.8) is 0 Å². The molecule has 0 radical (unpaired) electrons. The van der Waals surface area contributed by atoms with Gasteiger partial charge in [0, 0.05) is 45.1 Å². The molecular formula is C21H26N4O4. The van der Waals surface area contributed by atoms with E-state index in [9.17, 15) is 9.59 Å². The summed E-state index contributed by atoms with van der Waals surface area (Å²) in [6.45, 7) is 2.78. The van der Waals surface area contributed by atoms with Crippen molar-refractivity contribution in [3.8, 4) is 11.5 Å². The Bertz CT molecular complexity index is 854. The van der Waals surface area contributed by atoms with Crippen LogP contribution < -0.4 is 9.47 Å². The highest BCUT2D eigenvalue weighted by Crippen LogP contribution is 2.30. The van der Waals surface area contributed by atoms with Crippen molar-refractivity contribution >= 4 is 11.8 Å². The number of hydrogen-bond donors (Lipinski definition) is 1. The van der Waals surface area contributed by atoms with E-state index in [0.29, 0.717) is 48.7 Å². The van der Waals surface area contributed by atoms with E-state index in [4.69, 9.17) is 9.47 Å². The molecular weight excluding hydrogens is 372 g/mol. The van der Waals surface area contributed by atoms with Crippen molar-refractivity contribution in [1.82, 2.24) is 19.8 Å². The number of piperidine rings is 1. The average molecular weight is 398 g/mol. The molecule has 1 N–H and O–H groups in total. The fourth-order valence-electron chi connectivity index (χ4n) is 3.89. The van der Waals surface area contributed by atoms with Gasteiger partial charge in [-0.3, -0.25) is 9.59 Å². The van der Waals surface area contributed by atoms with Crippen LogP contribution in [0.4, 0.5) is 0 Å². The predicted molar refractivity (Wildman–Crippen MR) is 106 cm³/mol. The molecule has 2 saturated heterocycles. The van der Waals surface area contributed by atoms with Crippen LogP contribution in [0.2, 0.25) is 0 Å². The molecule has 1 aromatic heterocycles. The summed E-state index contributed by atoms with van der Waals surface area (Å²) < 4.78 is 11.6. The van der Waals surface area contributed by atoms with Crippen molar-refractivity contribution in [2.75, 3.05) is 33.3 Å². The number of carbonyl (C=O) groups is 2. The molecule has 1 aromatic carbocycles. The lowest BCUT2D eigenvalue weighted by atomic mass is 10.1. The maximum Gasteiger partial charge on any atom is 0.271 e. The summed E-state index contributed by atoms with van der Waals surface area (Å²) in [6.07, 6.45) is 6.48. The van der Waals surface area contributed by atoms with Crippen LogP contribution in [0.25, 0.3) is 0 Å². The van der Waals surface area contributed by atoms with Gasteiger partial charge >= 0.3 is 0 Å². The van der Waals surface area contributed by atoms with Gasteiger partial charge < -0.3 is 24.3 Å². The van der Waals surface area contributed by atoms with Crippen molar-refractivity contribution in [3.05, 3.63) is 42.0 Å². The van der Waals surface area contributed by atoms with E-state index in [-0.39, 0.29) is 17.9 Å². The summed E-state index contributed by atoms with van der Waals surface area (Å²) in [4.78, 5) is 35.8. The van der Waals surface area contributed by atoms with Crippen molar-refractivity contribution in [2.24, 2.45) is 0 Å². The SMILES string of the molecule is COc1ccc(C(=O)N2CCCC2)c(OC2CCN(C(=O)c3cnc[nH]3)CC2)c1. The quantitative estimate of drug-likeness (QED) is 0.835. The zero-order valence-corrected chi connectivity index (χ0v) is 16.6. The number of ether oxygens (including phenoxy) is 2. The normalized spacial score (nSPS) is 17.4. The third kappa shape index (κ3) is 4.21. The minimum atomic E-state index is -0.0574. The van der Waals surface area contributed by atoms with Gasteiger partial charge in [0.25, 0.3) is 11.8 Å². The number of likely N-dealkylation sites (tertiary alicyclic amines) is 2. The highest BCUT2D eigenvalue weighted by Gasteiger charge is 2.28. The van der Waals surface area contributed by atoms with E-state index in [2.05, 4.69) is 9.97 Å². The summed E-state index contributed by atoms with van der Waals surface area (Å²) in [5.74, 6) is 1.17. The Labute approximate surface area is 169 Å². The summed E-state index contributed by atoms with van der Waals surface area (Å²) in [5, 5.41) is 0. The van der Waals surface area contributed by atoms with Gasteiger partial charge in [0.05, 0.1) is 25.2 Å². The second kappa shape index (κ2) is 8.55. The Hall–Kier alpha value is -3.03. The Morgan fingerprint density at radius 1 is 1.07 bits per heavy atom. The van der Waals surface area contributed by atoms with E-state index in [1.54, 1.807) is 30.2 Å². The Kier molecular flexibility index (Phi) is 5.69. The van der Waals surface area contributed by atoms with E-state index >= 15 is 0 Å². The van der Waals surface area contributed by atoms with Gasteiger partial charge in [0.15, 0.2) is 0 Å². The van der Waals surface area contributed by atoms with Crippen molar-refractivity contribution in [2.45, 2.75) is 31.8 Å². The minimum Gasteiger partial charge on any atom is -0.497 e. The molecule has 29 heavy (non-hydrogen) atoms. The van der Waals surface area contributed by atoms with Gasteiger partial charge in [-0.05, 0) is 25.0 Å². The second-order valence-electron chi connectivity index (χ2n) is 7.44. The van der Waals surface area contributed by atoms with Gasteiger partial charge in [-0.15, -0.1) is 0 Å². The largest absolute Gasteiger partial charge is 0.497 e. The maximum atomic E-state index is 12.9. The summed E-state index contributed by atoms with van der Waals surface area (Å²) in [7, 11) is 1.60. The van der Waals surface area contributed by atoms with Gasteiger partial charge in [-0.1, -0.05) is 0 Å². The third-order valence-corrected chi connectivity index (χ3v) is 5.56. The Balaban J connectivity index is 1.43. The molecule has 0 atom stereocenters. The topological polar surface area (TPSA) is 87.8 Å². The molecule has 0 saturated carbocycles. The molecule has 8 heteroatoms. The highest BCUT2D eigenvalue weighted by atomic mass is 16.5. The number of hydrogen-bond acceptors (Lipinski definition) is 5. The molecule has 2 fully saturated rings. The zero-order valence-electron chi connectivity index (χ0n) is 16.6. The minimum absolute atomic E-state index is 0.00649. The van der Waals surface area contributed by atoms with Crippen LogP contribution in [-0.2, 0) is 0 Å². The molecule has 2 aliphatic heterocycles. The van der Waals surface area contributed by atoms with E-state index in [1.807, 2.05) is 4.90 Å². The lowest BCUT2D eigenvalue weighted by Crippen LogP contribution is -2.42. The van der Waals surface area contributed by atoms with Gasteiger partial charge in [0.2, 0.25) is 0 Å². The second-order valence-corrected chi connectivity index (χ2v) is 7.44. The summed E-state index contributed by atoms with van der Waals surface area (Å²) in [5.41, 5.74) is 1.07. The molecule has 2 aromatic rings. The predicted octanol–water partition coefficient (Wildman–Crippen LogP) is 2.34. The van der Waals surface area contributed by atoms with Crippen LogP contribution in [0.15, 0.2) is 30.7 Å². The standard InChI is InChI=1S/C21H26N4O4/c1-28-16-4-5-17(20(26)24-8-2-3-9-24)19(12-16)29-15-6-10-25(11-7-15)21(27)18-13-22-14-23-18/h4-5,12-15H,2-3,6-11H2,1H3,(H,22,23). The van der Waals surface area contributed by atoms with Crippen LogP contribution in [0, 0.1) is 0 Å². The number of aromatic nitrogens is 2. The number of carbonyl (C=O) groups excluding carboxylic acids is 2. The van der Waals surface area contributed by atoms with Gasteiger partial charge in [-0.2, -0.15) is 0 Å². The Morgan fingerprint density at radius 3 is 2.45 bits per heavy atom. The number of nitrogens with one attached hydrogen (secondary N) is 1. The molecule has 2 amide bonds. The molecule has 0 aliphatic carbocycles. The molecule has 4 rings (SSSR count). The zero-order chi connectivity index (χ0) is 20.2. The number of rotatable bonds is 5. The molecule has 154 valence electrons. The first kappa shape index (κ1) is 19.3. The lowest BCUT2D eigenvalue weighted by molar-refractivity contribution is 0.0586. The van der Waals surface area contributed by atoms with Crippen LogP contribution >= 0.6 is 0 Å². The number of benzene rings is 1. The fraction of sp³-hybridized carbons (Fsp3) is 0.476. The van der Waals surface area contributed by atoms with Crippen LogP contribution in [0.1, 0.15) is 46.5 Å². The number of amides is 2. The monoisotopic (exact) mass is 398 g/mol. The van der Waals surface area contributed by atoms with Crippen LogP contribution in [0.3, 0.4) is 0 Å². The van der Waals surface area contributed by atoms with E-state index in [1.165, 1.54) is 12.5 Å². The third-order valence-electron chi connectivity index (χ3n) is 5.56. The van der Waals surface area contributed by atoms with Crippen LogP contribution in [-0.4, -0.2) is 71.0 Å². The molecule has 0 spiro atoms. The molecule has 0 bridgehead atoms. The Morgan fingerprint density at radius 2 is 1.79 bits per heavy atom. The summed E-state index contributed by atoms with van der Waals surface area (Å²) >= 11 is 0. The lowest BCUT2D eigenvalue weighted by Gasteiger charge is -2.32. The number of nitrogens with zero attached hydrogens (tertiary/aromatic N) is 3. The molecule has 0 unspecified atom stereocenters. The van der Waals surface area contributed by atoms with Crippen molar-refractivity contribution < 1.29 is 19.1 Å². The first-order valence-corrected chi connectivity index (χ1v) is 10.1. The average Bonchev–Trinajstić information content (AvgIpc) is 3.47. The van der Waals surface area contributed by atoms with Gasteiger partial charge in [-0.25, -0.2) is 4.98 Å². The number of methoxy groups -OCH3 is 1. The molecule has 3 heterocycles. The van der Waals surface area contributed by atoms with Gasteiger partial charge in [0.1, 0.15) is 23.3 Å². The molecule has 2 aliphatic rings. The number of aromatic amines is 1. The first-order chi connectivity index (χ1) is 14.2. The number of imidazole rings is 1. The fourth-order valence-corrected chi connectivity index (χ4v) is 3.89. The molecule has 8 nitrogen and oxygen atoms in total.